The first kappa shape index (κ1) is 10.3. The van der Waals surface area contributed by atoms with Crippen molar-refractivity contribution in [3.8, 4) is 0 Å². The molecule has 2 aromatic rings. The van der Waals surface area contributed by atoms with E-state index in [1.165, 1.54) is 11.5 Å². The predicted molar refractivity (Wildman–Crippen MR) is 63.3 cm³/mol. The lowest BCUT2D eigenvalue weighted by Gasteiger charge is -2.08. The van der Waals surface area contributed by atoms with Crippen molar-refractivity contribution in [3.63, 3.8) is 0 Å². The average molecular weight is 219 g/mol. The van der Waals surface area contributed by atoms with Gasteiger partial charge in [-0.05, 0) is 30.9 Å². The summed E-state index contributed by atoms with van der Waals surface area (Å²) in [7, 11) is 0. The molecule has 1 atom stereocenters. The fourth-order valence-corrected chi connectivity index (χ4v) is 2.90. The van der Waals surface area contributed by atoms with Gasteiger partial charge in [0.25, 0.3) is 0 Å². The maximum atomic E-state index is 11.5. The zero-order valence-electron chi connectivity index (χ0n) is 8.86. The van der Waals surface area contributed by atoms with E-state index in [0.29, 0.717) is 0 Å². The Balaban J connectivity index is 2.55. The van der Waals surface area contributed by atoms with Crippen LogP contribution in [0.1, 0.15) is 31.1 Å². The fraction of sp³-hybridized carbons (Fsp3) is 0.333. The van der Waals surface area contributed by atoms with Crippen LogP contribution in [0.2, 0.25) is 0 Å². The Labute approximate surface area is 93.1 Å². The van der Waals surface area contributed by atoms with Crippen LogP contribution in [-0.4, -0.2) is 10.2 Å². The van der Waals surface area contributed by atoms with Crippen LogP contribution in [0.15, 0.2) is 24.3 Å². The molecule has 0 bridgehead atoms. The molecule has 1 heterocycles. The van der Waals surface area contributed by atoms with Crippen LogP contribution in [0.4, 0.5) is 0 Å². The van der Waals surface area contributed by atoms with Gasteiger partial charge in [-0.15, -0.1) is 0 Å². The first-order valence-electron chi connectivity index (χ1n) is 5.08. The number of benzene rings is 1. The zero-order valence-corrected chi connectivity index (χ0v) is 9.67. The van der Waals surface area contributed by atoms with Crippen molar-refractivity contribution in [2.45, 2.75) is 26.2 Å². The highest BCUT2D eigenvalue weighted by Crippen LogP contribution is 2.31. The summed E-state index contributed by atoms with van der Waals surface area (Å²) in [5, 5.41) is 1.13. The molecule has 3 heteroatoms. The number of hydrogen-bond donors (Lipinski definition) is 0. The summed E-state index contributed by atoms with van der Waals surface area (Å²) in [6.45, 7) is 3.70. The number of fused-ring (bicyclic) bond motifs is 1. The number of rotatable bonds is 3. The van der Waals surface area contributed by atoms with Gasteiger partial charge in [0.2, 0.25) is 0 Å². The summed E-state index contributed by atoms with van der Waals surface area (Å²) in [4.78, 5) is 12.6. The van der Waals surface area contributed by atoms with Gasteiger partial charge < -0.3 is 0 Å². The Bertz CT molecular complexity index is 489. The van der Waals surface area contributed by atoms with E-state index >= 15 is 0 Å². The molecule has 0 radical (unpaired) electrons. The van der Waals surface area contributed by atoms with Crippen LogP contribution >= 0.6 is 11.5 Å². The third-order valence-corrected chi connectivity index (χ3v) is 3.62. The highest BCUT2D eigenvalue weighted by Gasteiger charge is 2.19. The number of hydrogen-bond acceptors (Lipinski definition) is 3. The smallest absolute Gasteiger partial charge is 0.138 e. The molecule has 2 rings (SSSR count). The van der Waals surface area contributed by atoms with E-state index in [2.05, 4.69) is 4.37 Å². The van der Waals surface area contributed by atoms with Crippen molar-refractivity contribution in [3.05, 3.63) is 29.1 Å². The van der Waals surface area contributed by atoms with Gasteiger partial charge in [0.05, 0.1) is 11.4 Å². The van der Waals surface area contributed by atoms with Gasteiger partial charge in [-0.1, -0.05) is 25.1 Å². The predicted octanol–water partition coefficient (Wildman–Crippen LogP) is 3.38. The van der Waals surface area contributed by atoms with Crippen LogP contribution in [0.25, 0.3) is 10.9 Å². The van der Waals surface area contributed by atoms with Crippen LogP contribution in [0, 0.1) is 0 Å². The maximum absolute atomic E-state index is 11.5. The van der Waals surface area contributed by atoms with Gasteiger partial charge in [-0.25, -0.2) is 0 Å². The normalized spacial score (nSPS) is 12.9. The van der Waals surface area contributed by atoms with Crippen molar-refractivity contribution in [2.24, 2.45) is 0 Å². The Morgan fingerprint density at radius 1 is 1.47 bits per heavy atom. The Hall–Kier alpha value is -1.22. The van der Waals surface area contributed by atoms with E-state index in [1.807, 2.05) is 31.2 Å². The molecule has 1 aromatic heterocycles. The van der Waals surface area contributed by atoms with Crippen LogP contribution in [0.3, 0.4) is 0 Å². The summed E-state index contributed by atoms with van der Waals surface area (Å²) in [6.07, 6.45) is 0.849. The monoisotopic (exact) mass is 219 g/mol. The Morgan fingerprint density at radius 2 is 2.20 bits per heavy atom. The van der Waals surface area contributed by atoms with Gasteiger partial charge in [-0.2, -0.15) is 4.37 Å². The van der Waals surface area contributed by atoms with Gasteiger partial charge in [0.15, 0.2) is 0 Å². The molecule has 0 fully saturated rings. The molecule has 78 valence electrons. The van der Waals surface area contributed by atoms with Gasteiger partial charge >= 0.3 is 0 Å². The minimum absolute atomic E-state index is 0.0161. The van der Waals surface area contributed by atoms with Gasteiger partial charge in [0, 0.05) is 10.3 Å². The molecule has 0 aliphatic heterocycles. The number of Topliss-reactive ketones (excluding diaryl/α,β-unsaturated/α-hetero) is 1. The minimum atomic E-state index is 0.0161. The number of ketones is 1. The van der Waals surface area contributed by atoms with E-state index in [1.54, 1.807) is 6.92 Å². The molecule has 0 aliphatic rings. The van der Waals surface area contributed by atoms with Crippen LogP contribution in [-0.2, 0) is 4.79 Å². The van der Waals surface area contributed by atoms with E-state index < -0.39 is 0 Å². The third kappa shape index (κ3) is 1.79. The number of carbonyl (C=O) groups excluding carboxylic acids is 1. The molecule has 15 heavy (non-hydrogen) atoms. The van der Waals surface area contributed by atoms with E-state index in [4.69, 9.17) is 0 Å². The summed E-state index contributed by atoms with van der Waals surface area (Å²) < 4.78 is 4.36. The first-order valence-corrected chi connectivity index (χ1v) is 5.86. The first-order chi connectivity index (χ1) is 7.24. The largest absolute Gasteiger partial charge is 0.299 e. The van der Waals surface area contributed by atoms with Crippen molar-refractivity contribution in [2.75, 3.05) is 0 Å². The molecule has 1 unspecified atom stereocenters. The van der Waals surface area contributed by atoms with Crippen LogP contribution < -0.4 is 0 Å². The maximum Gasteiger partial charge on any atom is 0.138 e. The lowest BCUT2D eigenvalue weighted by molar-refractivity contribution is -0.118. The Morgan fingerprint density at radius 3 is 2.87 bits per heavy atom. The van der Waals surface area contributed by atoms with Crippen LogP contribution in [0.5, 0.6) is 0 Å². The molecule has 1 aromatic carbocycles. The van der Waals surface area contributed by atoms with E-state index in [9.17, 15) is 4.79 Å². The fourth-order valence-electron chi connectivity index (χ4n) is 1.82. The van der Waals surface area contributed by atoms with E-state index in [-0.39, 0.29) is 11.7 Å². The quantitative estimate of drug-likeness (QED) is 0.792. The topological polar surface area (TPSA) is 30.0 Å². The van der Waals surface area contributed by atoms with Crippen molar-refractivity contribution in [1.29, 1.82) is 0 Å². The average Bonchev–Trinajstić information content (AvgIpc) is 2.63. The second-order valence-corrected chi connectivity index (χ2v) is 4.44. The number of nitrogens with zero attached hydrogens (tertiary/aromatic N) is 1. The third-order valence-electron chi connectivity index (χ3n) is 2.63. The zero-order chi connectivity index (χ0) is 10.8. The number of carbonyl (C=O) groups is 1. The summed E-state index contributed by atoms with van der Waals surface area (Å²) in [5.41, 5.74) is 0.997. The molecule has 0 saturated heterocycles. The number of aromatic nitrogens is 1. The second kappa shape index (κ2) is 4.11. The lowest BCUT2D eigenvalue weighted by atomic mass is 9.98. The van der Waals surface area contributed by atoms with Crippen molar-refractivity contribution >= 4 is 28.2 Å². The summed E-state index contributed by atoms with van der Waals surface area (Å²) >= 11 is 1.45. The molecule has 0 N–H and O–H groups in total. The highest BCUT2D eigenvalue weighted by molar-refractivity contribution is 7.07. The van der Waals surface area contributed by atoms with Gasteiger partial charge in [0.1, 0.15) is 5.78 Å². The lowest BCUT2D eigenvalue weighted by Crippen LogP contribution is -2.05. The minimum Gasteiger partial charge on any atom is -0.299 e. The van der Waals surface area contributed by atoms with E-state index in [0.717, 1.165) is 22.2 Å². The van der Waals surface area contributed by atoms with Gasteiger partial charge in [-0.3, -0.25) is 4.79 Å². The molecular formula is C12H13NOS. The van der Waals surface area contributed by atoms with Crippen molar-refractivity contribution in [1.82, 2.24) is 4.37 Å². The molecular weight excluding hydrogens is 206 g/mol. The summed E-state index contributed by atoms with van der Waals surface area (Å²) in [5.74, 6) is 0.245. The second-order valence-electron chi connectivity index (χ2n) is 3.64. The molecule has 0 amide bonds. The summed E-state index contributed by atoms with van der Waals surface area (Å²) in [6, 6.07) is 8.00. The SMILES string of the molecule is CCC(C(C)=O)c1snc2ccccc12. The van der Waals surface area contributed by atoms with Crippen molar-refractivity contribution < 1.29 is 4.79 Å². The highest BCUT2D eigenvalue weighted by atomic mass is 32.1. The molecule has 0 spiro atoms. The molecule has 2 nitrogen and oxygen atoms in total. The molecule has 0 saturated carbocycles. The Kier molecular flexibility index (Phi) is 2.82. The molecule has 0 aliphatic carbocycles. The standard InChI is InChI=1S/C12H13NOS/c1-3-9(8(2)14)12-10-6-4-5-7-11(10)13-15-12/h4-7,9H,3H2,1-2H3.